The number of halogens is 1. The average molecular weight is 398 g/mol. The Balaban J connectivity index is 1.56. The van der Waals surface area contributed by atoms with Crippen molar-refractivity contribution in [3.63, 3.8) is 0 Å². The number of amides is 1. The summed E-state index contributed by atoms with van der Waals surface area (Å²) in [5, 5.41) is 4.59. The number of nitrogens with zero attached hydrogens (tertiary/aromatic N) is 3. The summed E-state index contributed by atoms with van der Waals surface area (Å²) in [6, 6.07) is 11.4. The maximum absolute atomic E-state index is 12.6. The van der Waals surface area contributed by atoms with Gasteiger partial charge >= 0.3 is 0 Å². The van der Waals surface area contributed by atoms with Gasteiger partial charge in [0.05, 0.1) is 18.1 Å². The number of anilines is 1. The predicted octanol–water partition coefficient (Wildman–Crippen LogP) is 4.54. The van der Waals surface area contributed by atoms with E-state index in [1.807, 2.05) is 32.0 Å². The molecular weight excluding hydrogens is 378 g/mol. The molecule has 6 nitrogen and oxygen atoms in total. The Kier molecular flexibility index (Phi) is 4.81. The Labute approximate surface area is 168 Å². The van der Waals surface area contributed by atoms with Crippen molar-refractivity contribution in [3.05, 3.63) is 58.4 Å². The van der Waals surface area contributed by atoms with Gasteiger partial charge in [0.25, 0.3) is 0 Å². The fourth-order valence-corrected chi connectivity index (χ4v) is 3.77. The van der Waals surface area contributed by atoms with Crippen molar-refractivity contribution in [3.8, 4) is 17.1 Å². The molecule has 4 rings (SSSR count). The Hall–Kier alpha value is -2.86. The molecule has 2 heterocycles. The lowest BCUT2D eigenvalue weighted by Crippen LogP contribution is -2.24. The second-order valence-corrected chi connectivity index (χ2v) is 7.41. The number of ether oxygens (including phenoxy) is 1. The molecule has 1 saturated heterocycles. The maximum Gasteiger partial charge on any atom is 0.232 e. The van der Waals surface area contributed by atoms with Gasteiger partial charge < -0.3 is 14.2 Å². The summed E-state index contributed by atoms with van der Waals surface area (Å²) < 4.78 is 10.7. The van der Waals surface area contributed by atoms with Gasteiger partial charge in [-0.2, -0.15) is 4.98 Å². The molecule has 0 N–H and O–H groups in total. The fraction of sp³-hybridized carbons (Fsp3) is 0.286. The van der Waals surface area contributed by atoms with Crippen LogP contribution in [0.4, 0.5) is 5.69 Å². The monoisotopic (exact) mass is 397 g/mol. The highest BCUT2D eigenvalue weighted by Gasteiger charge is 2.35. The van der Waals surface area contributed by atoms with E-state index in [1.165, 1.54) is 5.56 Å². The lowest BCUT2D eigenvalue weighted by molar-refractivity contribution is -0.117. The first-order valence-corrected chi connectivity index (χ1v) is 9.39. The number of rotatable bonds is 4. The van der Waals surface area contributed by atoms with Crippen LogP contribution in [0.2, 0.25) is 5.02 Å². The van der Waals surface area contributed by atoms with Crippen LogP contribution in [-0.2, 0) is 4.79 Å². The lowest BCUT2D eigenvalue weighted by Gasteiger charge is -2.17. The second kappa shape index (κ2) is 7.28. The Morgan fingerprint density at radius 1 is 1.21 bits per heavy atom. The highest BCUT2D eigenvalue weighted by atomic mass is 35.5. The Morgan fingerprint density at radius 2 is 2.04 bits per heavy atom. The molecule has 2 aromatic carbocycles. The zero-order valence-electron chi connectivity index (χ0n) is 15.9. The summed E-state index contributed by atoms with van der Waals surface area (Å²) in [5.74, 6) is 1.44. The van der Waals surface area contributed by atoms with Crippen LogP contribution in [0.1, 0.15) is 29.4 Å². The molecule has 1 atom stereocenters. The molecule has 1 amide bonds. The summed E-state index contributed by atoms with van der Waals surface area (Å²) in [4.78, 5) is 18.8. The molecule has 1 aromatic heterocycles. The number of methoxy groups -OCH3 is 1. The third-order valence-corrected chi connectivity index (χ3v) is 5.28. The molecule has 1 unspecified atom stereocenters. The summed E-state index contributed by atoms with van der Waals surface area (Å²) in [7, 11) is 1.56. The molecule has 28 heavy (non-hydrogen) atoms. The van der Waals surface area contributed by atoms with Gasteiger partial charge in [0.15, 0.2) is 0 Å². The van der Waals surface area contributed by atoms with E-state index < -0.39 is 0 Å². The van der Waals surface area contributed by atoms with Crippen LogP contribution in [-0.4, -0.2) is 29.7 Å². The van der Waals surface area contributed by atoms with E-state index in [1.54, 1.807) is 24.1 Å². The van der Waals surface area contributed by atoms with Crippen molar-refractivity contribution >= 4 is 23.2 Å². The topological polar surface area (TPSA) is 68.5 Å². The third kappa shape index (κ3) is 3.36. The number of aromatic nitrogens is 2. The molecule has 144 valence electrons. The van der Waals surface area contributed by atoms with Crippen molar-refractivity contribution in [1.29, 1.82) is 0 Å². The highest BCUT2D eigenvalue weighted by Crippen LogP contribution is 2.35. The van der Waals surface area contributed by atoms with E-state index in [2.05, 4.69) is 16.2 Å². The minimum atomic E-state index is -0.152. The molecule has 0 bridgehead atoms. The molecule has 0 spiro atoms. The van der Waals surface area contributed by atoms with Crippen LogP contribution in [0.3, 0.4) is 0 Å². The molecule has 0 saturated carbocycles. The number of carbonyl (C=O) groups excluding carboxylic acids is 1. The summed E-state index contributed by atoms with van der Waals surface area (Å²) >= 11 is 6.20. The first kappa shape index (κ1) is 18.5. The van der Waals surface area contributed by atoms with Gasteiger partial charge in [0, 0.05) is 24.2 Å². The van der Waals surface area contributed by atoms with E-state index in [4.69, 9.17) is 20.9 Å². The van der Waals surface area contributed by atoms with Crippen LogP contribution in [0.15, 0.2) is 40.9 Å². The molecule has 1 aliphatic heterocycles. The van der Waals surface area contributed by atoms with Crippen molar-refractivity contribution < 1.29 is 14.1 Å². The normalized spacial score (nSPS) is 16.6. The number of hydrogen-bond donors (Lipinski definition) is 0. The van der Waals surface area contributed by atoms with Gasteiger partial charge in [-0.05, 0) is 37.6 Å². The zero-order valence-corrected chi connectivity index (χ0v) is 16.7. The molecule has 1 fully saturated rings. The SMILES string of the molecule is COc1ccc(N2CC(c3nc(-c4ccc(C)cc4C)no3)CC2=O)cc1Cl. The van der Waals surface area contributed by atoms with Gasteiger partial charge in [0.2, 0.25) is 17.6 Å². The molecular formula is C21H20ClN3O3. The van der Waals surface area contributed by atoms with E-state index in [9.17, 15) is 4.79 Å². The van der Waals surface area contributed by atoms with Crippen molar-refractivity contribution in [1.82, 2.24) is 10.1 Å². The number of benzene rings is 2. The lowest BCUT2D eigenvalue weighted by atomic mass is 10.1. The van der Waals surface area contributed by atoms with Gasteiger partial charge in [0.1, 0.15) is 5.75 Å². The number of aryl methyl sites for hydroxylation is 2. The molecule has 7 heteroatoms. The summed E-state index contributed by atoms with van der Waals surface area (Å²) in [5.41, 5.74) is 3.93. The smallest absolute Gasteiger partial charge is 0.232 e. The summed E-state index contributed by atoms with van der Waals surface area (Å²) in [6.45, 7) is 4.53. The Morgan fingerprint density at radius 3 is 2.75 bits per heavy atom. The van der Waals surface area contributed by atoms with Crippen molar-refractivity contribution in [2.45, 2.75) is 26.2 Å². The van der Waals surface area contributed by atoms with E-state index in [0.29, 0.717) is 35.5 Å². The van der Waals surface area contributed by atoms with E-state index in [-0.39, 0.29) is 11.8 Å². The molecule has 3 aromatic rings. The van der Waals surface area contributed by atoms with Crippen LogP contribution >= 0.6 is 11.6 Å². The van der Waals surface area contributed by atoms with Crippen LogP contribution < -0.4 is 9.64 Å². The quantitative estimate of drug-likeness (QED) is 0.646. The van der Waals surface area contributed by atoms with Crippen molar-refractivity contribution in [2.24, 2.45) is 0 Å². The van der Waals surface area contributed by atoms with E-state index >= 15 is 0 Å². The van der Waals surface area contributed by atoms with Crippen LogP contribution in [0.25, 0.3) is 11.4 Å². The second-order valence-electron chi connectivity index (χ2n) is 7.00. The number of hydrogen-bond acceptors (Lipinski definition) is 5. The van der Waals surface area contributed by atoms with Gasteiger partial charge in [-0.25, -0.2) is 0 Å². The fourth-order valence-electron chi connectivity index (χ4n) is 3.52. The zero-order chi connectivity index (χ0) is 19.8. The molecule has 0 radical (unpaired) electrons. The first-order chi connectivity index (χ1) is 13.5. The van der Waals surface area contributed by atoms with Gasteiger partial charge in [-0.1, -0.05) is 40.5 Å². The largest absolute Gasteiger partial charge is 0.495 e. The predicted molar refractivity (Wildman–Crippen MR) is 107 cm³/mol. The van der Waals surface area contributed by atoms with Crippen molar-refractivity contribution in [2.75, 3.05) is 18.6 Å². The minimum absolute atomic E-state index is 0.00231. The third-order valence-electron chi connectivity index (χ3n) is 4.99. The molecule has 1 aliphatic rings. The Bertz CT molecular complexity index is 1050. The maximum atomic E-state index is 12.6. The average Bonchev–Trinajstić information content (AvgIpc) is 3.28. The van der Waals surface area contributed by atoms with Crippen LogP contribution in [0, 0.1) is 13.8 Å². The standard InChI is InChI=1S/C21H20ClN3O3/c1-12-4-6-16(13(2)8-12)20-23-21(28-24-20)14-9-19(26)25(11-14)15-5-7-18(27-3)17(22)10-15/h4-8,10,14H,9,11H2,1-3H3. The summed E-state index contributed by atoms with van der Waals surface area (Å²) in [6.07, 6.45) is 0.318. The highest BCUT2D eigenvalue weighted by molar-refractivity contribution is 6.32. The minimum Gasteiger partial charge on any atom is -0.495 e. The number of carbonyl (C=O) groups is 1. The van der Waals surface area contributed by atoms with Crippen LogP contribution in [0.5, 0.6) is 5.75 Å². The van der Waals surface area contributed by atoms with E-state index in [0.717, 1.165) is 16.8 Å². The first-order valence-electron chi connectivity index (χ1n) is 9.01. The van der Waals surface area contributed by atoms with Gasteiger partial charge in [-0.15, -0.1) is 0 Å². The molecule has 0 aliphatic carbocycles. The van der Waals surface area contributed by atoms with Gasteiger partial charge in [-0.3, -0.25) is 4.79 Å².